The zero-order valence-electron chi connectivity index (χ0n) is 22.5. The molecule has 1 fully saturated rings. The predicted molar refractivity (Wildman–Crippen MR) is 144 cm³/mol. The largest absolute Gasteiger partial charge is 0.304 e. The van der Waals surface area contributed by atoms with Crippen LogP contribution in [-0.4, -0.2) is 62.7 Å². The second-order valence-electron chi connectivity index (χ2n) is 10.4. The van der Waals surface area contributed by atoms with E-state index in [9.17, 15) is 18.0 Å². The van der Waals surface area contributed by atoms with Crippen LogP contribution in [0.2, 0.25) is 0 Å². The molecule has 2 aromatic carbocycles. The van der Waals surface area contributed by atoms with E-state index in [0.717, 1.165) is 12.0 Å². The summed E-state index contributed by atoms with van der Waals surface area (Å²) in [4.78, 5) is 29.8. The number of piperazine rings is 1. The van der Waals surface area contributed by atoms with Crippen molar-refractivity contribution in [2.45, 2.75) is 58.8 Å². The molecule has 1 aliphatic rings. The number of anilines is 1. The third-order valence-corrected chi connectivity index (χ3v) is 8.69. The summed E-state index contributed by atoms with van der Waals surface area (Å²) in [5.74, 6) is -0.726. The van der Waals surface area contributed by atoms with Crippen LogP contribution in [0.5, 0.6) is 0 Å². The molecule has 1 atom stereocenters. The van der Waals surface area contributed by atoms with Crippen molar-refractivity contribution in [2.24, 2.45) is 5.92 Å². The molecular formula is C28H39N3O4S. The van der Waals surface area contributed by atoms with Gasteiger partial charge in [0.1, 0.15) is 0 Å². The number of nitrogens with zero attached hydrogens (tertiary/aromatic N) is 3. The van der Waals surface area contributed by atoms with Gasteiger partial charge in [-0.2, -0.15) is 4.31 Å². The highest BCUT2D eigenvalue weighted by Crippen LogP contribution is 2.32. The molecule has 1 unspecified atom stereocenters. The van der Waals surface area contributed by atoms with Crippen LogP contribution in [0, 0.1) is 19.8 Å². The minimum absolute atomic E-state index is 0.190. The molecule has 0 N–H and O–H groups in total. The van der Waals surface area contributed by atoms with Crippen molar-refractivity contribution in [1.29, 1.82) is 0 Å². The SMILES string of the molecule is CC(=O)N(C(=O)C(C)c1ccc(CC(C)C)cc1)c1c(C)cc(S(=O)(=O)N2CCN(C)CC2)cc1C. The summed E-state index contributed by atoms with van der Waals surface area (Å²) in [5.41, 5.74) is 3.65. The second-order valence-corrected chi connectivity index (χ2v) is 12.3. The quantitative estimate of drug-likeness (QED) is 0.557. The van der Waals surface area contributed by atoms with Gasteiger partial charge in [0, 0.05) is 33.1 Å². The molecule has 3 rings (SSSR count). The van der Waals surface area contributed by atoms with E-state index in [4.69, 9.17) is 0 Å². The molecule has 36 heavy (non-hydrogen) atoms. The Balaban J connectivity index is 1.92. The van der Waals surface area contributed by atoms with Crippen molar-refractivity contribution in [2.75, 3.05) is 38.1 Å². The van der Waals surface area contributed by atoms with Crippen LogP contribution in [0.15, 0.2) is 41.3 Å². The van der Waals surface area contributed by atoms with Crippen molar-refractivity contribution >= 4 is 27.5 Å². The van der Waals surface area contributed by atoms with Crippen LogP contribution in [-0.2, 0) is 26.0 Å². The van der Waals surface area contributed by atoms with E-state index in [1.807, 2.05) is 31.3 Å². The highest BCUT2D eigenvalue weighted by molar-refractivity contribution is 7.89. The van der Waals surface area contributed by atoms with Gasteiger partial charge in [0.05, 0.1) is 16.5 Å². The number of carbonyl (C=O) groups is 2. The number of likely N-dealkylation sites (N-methyl/N-ethyl adjacent to an activating group) is 1. The van der Waals surface area contributed by atoms with Crippen LogP contribution < -0.4 is 4.90 Å². The molecule has 2 amide bonds. The number of benzene rings is 2. The Hall–Kier alpha value is -2.55. The van der Waals surface area contributed by atoms with Gasteiger partial charge in [-0.25, -0.2) is 13.3 Å². The van der Waals surface area contributed by atoms with Gasteiger partial charge in [0.25, 0.3) is 0 Å². The summed E-state index contributed by atoms with van der Waals surface area (Å²) in [5, 5.41) is 0. The Morgan fingerprint density at radius 1 is 0.944 bits per heavy atom. The lowest BCUT2D eigenvalue weighted by Gasteiger charge is -2.32. The van der Waals surface area contributed by atoms with E-state index in [1.54, 1.807) is 32.9 Å². The average Bonchev–Trinajstić information content (AvgIpc) is 2.80. The lowest BCUT2D eigenvalue weighted by Crippen LogP contribution is -2.47. The van der Waals surface area contributed by atoms with Crippen LogP contribution >= 0.6 is 0 Å². The fourth-order valence-corrected chi connectivity index (χ4v) is 6.36. The van der Waals surface area contributed by atoms with Crippen LogP contribution in [0.3, 0.4) is 0 Å². The van der Waals surface area contributed by atoms with Crippen molar-refractivity contribution < 1.29 is 18.0 Å². The normalized spacial score (nSPS) is 16.2. The van der Waals surface area contributed by atoms with E-state index in [-0.39, 0.29) is 10.8 Å². The van der Waals surface area contributed by atoms with E-state index >= 15 is 0 Å². The molecule has 0 aromatic heterocycles. The summed E-state index contributed by atoms with van der Waals surface area (Å²) in [7, 11) is -1.69. The predicted octanol–water partition coefficient (Wildman–Crippen LogP) is 4.12. The molecule has 0 saturated carbocycles. The Morgan fingerprint density at radius 2 is 1.47 bits per heavy atom. The molecule has 1 aliphatic heterocycles. The number of imide groups is 1. The fraction of sp³-hybridized carbons (Fsp3) is 0.500. The lowest BCUT2D eigenvalue weighted by atomic mass is 9.95. The van der Waals surface area contributed by atoms with Crippen molar-refractivity contribution in [3.63, 3.8) is 0 Å². The van der Waals surface area contributed by atoms with Crippen LogP contribution in [0.1, 0.15) is 55.9 Å². The molecule has 0 aliphatic carbocycles. The first kappa shape index (κ1) is 28.0. The summed E-state index contributed by atoms with van der Waals surface area (Å²) in [6, 6.07) is 11.1. The summed E-state index contributed by atoms with van der Waals surface area (Å²) >= 11 is 0. The van der Waals surface area contributed by atoms with E-state index in [1.165, 1.54) is 21.7 Å². The average molecular weight is 514 g/mol. The summed E-state index contributed by atoms with van der Waals surface area (Å²) < 4.78 is 28.1. The van der Waals surface area contributed by atoms with Gasteiger partial charge in [0.2, 0.25) is 21.8 Å². The minimum atomic E-state index is -3.67. The number of carbonyl (C=O) groups excluding carboxylic acids is 2. The third kappa shape index (κ3) is 6.05. The zero-order valence-corrected chi connectivity index (χ0v) is 23.4. The first-order chi connectivity index (χ1) is 16.8. The Bertz CT molecular complexity index is 1190. The van der Waals surface area contributed by atoms with Crippen molar-refractivity contribution in [3.8, 4) is 0 Å². The molecule has 1 heterocycles. The van der Waals surface area contributed by atoms with Crippen LogP contribution in [0.25, 0.3) is 0 Å². The van der Waals surface area contributed by atoms with Crippen LogP contribution in [0.4, 0.5) is 5.69 Å². The maximum absolute atomic E-state index is 13.6. The second kappa shape index (κ2) is 11.2. The Kier molecular flexibility index (Phi) is 8.75. The minimum Gasteiger partial charge on any atom is -0.304 e. The maximum atomic E-state index is 13.6. The molecule has 0 spiro atoms. The van der Waals surface area contributed by atoms with Gasteiger partial charge in [-0.3, -0.25) is 9.59 Å². The summed E-state index contributed by atoms with van der Waals surface area (Å²) in [6.45, 7) is 13.2. The zero-order chi connectivity index (χ0) is 26.8. The fourth-order valence-electron chi connectivity index (χ4n) is 4.77. The topological polar surface area (TPSA) is 78.0 Å². The van der Waals surface area contributed by atoms with Gasteiger partial charge in [0.15, 0.2) is 0 Å². The number of hydrogen-bond acceptors (Lipinski definition) is 5. The first-order valence-electron chi connectivity index (χ1n) is 12.6. The number of aryl methyl sites for hydroxylation is 2. The van der Waals surface area contributed by atoms with Gasteiger partial charge in [-0.15, -0.1) is 0 Å². The van der Waals surface area contributed by atoms with Crippen molar-refractivity contribution in [1.82, 2.24) is 9.21 Å². The molecule has 0 bridgehead atoms. The van der Waals surface area contributed by atoms with Gasteiger partial charge in [-0.1, -0.05) is 38.1 Å². The highest BCUT2D eigenvalue weighted by atomic mass is 32.2. The van der Waals surface area contributed by atoms with Gasteiger partial charge >= 0.3 is 0 Å². The maximum Gasteiger partial charge on any atom is 0.243 e. The smallest absolute Gasteiger partial charge is 0.243 e. The van der Waals surface area contributed by atoms with E-state index < -0.39 is 21.8 Å². The molecule has 1 saturated heterocycles. The molecule has 8 heteroatoms. The molecule has 2 aromatic rings. The summed E-state index contributed by atoms with van der Waals surface area (Å²) in [6.07, 6.45) is 0.962. The monoisotopic (exact) mass is 513 g/mol. The van der Waals surface area contributed by atoms with Gasteiger partial charge in [-0.05, 0) is 74.5 Å². The number of sulfonamides is 1. The lowest BCUT2D eigenvalue weighted by molar-refractivity contribution is -0.126. The Labute approximate surface area is 216 Å². The highest BCUT2D eigenvalue weighted by Gasteiger charge is 2.32. The third-order valence-electron chi connectivity index (χ3n) is 6.82. The van der Waals surface area contributed by atoms with E-state index in [2.05, 4.69) is 18.7 Å². The van der Waals surface area contributed by atoms with Gasteiger partial charge < -0.3 is 4.90 Å². The number of amides is 2. The Morgan fingerprint density at radius 3 is 1.94 bits per heavy atom. The molecule has 0 radical (unpaired) electrons. The van der Waals surface area contributed by atoms with E-state index in [0.29, 0.717) is 48.9 Å². The molecular weight excluding hydrogens is 474 g/mol. The van der Waals surface area contributed by atoms with Crippen molar-refractivity contribution in [3.05, 3.63) is 58.7 Å². The molecule has 196 valence electrons. The standard InChI is InChI=1S/C28H39N3O4S/c1-19(2)16-24-8-10-25(11-9-24)22(5)28(33)31(23(6)32)27-20(3)17-26(18-21(27)4)36(34,35)30-14-12-29(7)13-15-30/h8-11,17-19,22H,12-16H2,1-7H3. The molecule has 7 nitrogen and oxygen atoms in total. The number of hydrogen-bond donors (Lipinski definition) is 0. The first-order valence-corrected chi connectivity index (χ1v) is 14.0. The number of rotatable bonds is 7.